The SMILES string of the molecule is C[C@](O)(C(=O)NCC(F)(F)C(F)(F)F)C(=O)N[C@H]1CN(CCCC(F)(F)F)c2ccccc2NC1=O. The molecule has 0 bridgehead atoms. The van der Waals surface area contributed by atoms with E-state index in [0.29, 0.717) is 12.6 Å². The van der Waals surface area contributed by atoms with Gasteiger partial charge in [-0.15, -0.1) is 0 Å². The molecule has 0 aromatic heterocycles. The van der Waals surface area contributed by atoms with Crippen LogP contribution in [0.3, 0.4) is 0 Å². The number of aliphatic hydroxyl groups is 1. The predicted octanol–water partition coefficient (Wildman–Crippen LogP) is 2.34. The van der Waals surface area contributed by atoms with Gasteiger partial charge in [-0.2, -0.15) is 35.1 Å². The van der Waals surface area contributed by atoms with Crippen molar-refractivity contribution in [1.29, 1.82) is 0 Å². The molecule has 0 radical (unpaired) electrons. The summed E-state index contributed by atoms with van der Waals surface area (Å²) < 4.78 is 101. The Kier molecular flexibility index (Phi) is 8.43. The van der Waals surface area contributed by atoms with Crippen LogP contribution in [0.1, 0.15) is 19.8 Å². The molecule has 1 aromatic rings. The van der Waals surface area contributed by atoms with Gasteiger partial charge in [0.1, 0.15) is 6.04 Å². The second-order valence-corrected chi connectivity index (χ2v) is 8.15. The lowest BCUT2D eigenvalue weighted by Gasteiger charge is -2.29. The first-order valence-electron chi connectivity index (χ1n) is 10.3. The van der Waals surface area contributed by atoms with Crippen molar-refractivity contribution >= 4 is 29.1 Å². The summed E-state index contributed by atoms with van der Waals surface area (Å²) in [5.41, 5.74) is -2.66. The van der Waals surface area contributed by atoms with Crippen molar-refractivity contribution in [2.45, 2.75) is 49.7 Å². The van der Waals surface area contributed by atoms with Crippen LogP contribution >= 0.6 is 0 Å². The molecule has 0 spiro atoms. The minimum Gasteiger partial charge on any atom is -0.372 e. The maximum atomic E-state index is 13.0. The number of alkyl halides is 8. The average molecular weight is 534 g/mol. The van der Waals surface area contributed by atoms with Gasteiger partial charge in [0.05, 0.1) is 17.9 Å². The van der Waals surface area contributed by atoms with Gasteiger partial charge in [0.2, 0.25) is 11.5 Å². The van der Waals surface area contributed by atoms with E-state index in [9.17, 15) is 54.6 Å². The molecule has 1 aliphatic rings. The average Bonchev–Trinajstić information content (AvgIpc) is 2.86. The molecule has 36 heavy (non-hydrogen) atoms. The summed E-state index contributed by atoms with van der Waals surface area (Å²) in [6, 6.07) is 4.47. The first-order valence-corrected chi connectivity index (χ1v) is 10.3. The monoisotopic (exact) mass is 534 g/mol. The van der Waals surface area contributed by atoms with E-state index in [1.54, 1.807) is 6.07 Å². The molecule has 0 saturated carbocycles. The fourth-order valence-electron chi connectivity index (χ4n) is 3.14. The number of halogens is 8. The minimum absolute atomic E-state index is 0.199. The van der Waals surface area contributed by atoms with E-state index in [4.69, 9.17) is 0 Å². The zero-order valence-electron chi connectivity index (χ0n) is 18.6. The third-order valence-corrected chi connectivity index (χ3v) is 5.19. The molecule has 1 aromatic carbocycles. The maximum absolute atomic E-state index is 13.0. The topological polar surface area (TPSA) is 111 Å². The molecule has 3 amide bonds. The number of hydrogen-bond acceptors (Lipinski definition) is 5. The van der Waals surface area contributed by atoms with E-state index in [1.807, 2.05) is 5.32 Å². The smallest absolute Gasteiger partial charge is 0.372 e. The van der Waals surface area contributed by atoms with Gasteiger partial charge < -0.3 is 26.0 Å². The van der Waals surface area contributed by atoms with Gasteiger partial charge in [-0.1, -0.05) is 12.1 Å². The van der Waals surface area contributed by atoms with E-state index in [2.05, 4.69) is 5.32 Å². The summed E-state index contributed by atoms with van der Waals surface area (Å²) in [6.45, 7) is -2.36. The first-order chi connectivity index (χ1) is 16.3. The second kappa shape index (κ2) is 10.4. The Labute approximate surface area is 199 Å². The highest BCUT2D eigenvalue weighted by atomic mass is 19.4. The summed E-state index contributed by atoms with van der Waals surface area (Å²) in [4.78, 5) is 38.5. The Bertz CT molecular complexity index is 981. The van der Waals surface area contributed by atoms with E-state index in [-0.39, 0.29) is 18.7 Å². The van der Waals surface area contributed by atoms with Crippen LogP contribution < -0.4 is 20.9 Å². The number of fused-ring (bicyclic) bond motifs is 1. The van der Waals surface area contributed by atoms with E-state index in [0.717, 1.165) is 5.32 Å². The van der Waals surface area contributed by atoms with Gasteiger partial charge in [0, 0.05) is 19.5 Å². The third kappa shape index (κ3) is 7.18. The van der Waals surface area contributed by atoms with Crippen molar-refractivity contribution in [3.05, 3.63) is 24.3 Å². The maximum Gasteiger partial charge on any atom is 0.455 e. The van der Waals surface area contributed by atoms with Crippen molar-refractivity contribution in [2.24, 2.45) is 0 Å². The summed E-state index contributed by atoms with van der Waals surface area (Å²) in [5.74, 6) is -9.74. The normalized spacial score (nSPS) is 18.4. The number of amides is 3. The summed E-state index contributed by atoms with van der Waals surface area (Å²) in [6.07, 6.45) is -12.0. The fraction of sp³-hybridized carbons (Fsp3) is 0.550. The van der Waals surface area contributed by atoms with Gasteiger partial charge in [0.25, 0.3) is 11.8 Å². The molecule has 0 unspecified atom stereocenters. The molecule has 0 aliphatic carbocycles. The van der Waals surface area contributed by atoms with Gasteiger partial charge in [-0.3, -0.25) is 14.4 Å². The van der Waals surface area contributed by atoms with Crippen LogP contribution in [0.15, 0.2) is 24.3 Å². The number of nitrogens with zero attached hydrogens (tertiary/aromatic N) is 1. The minimum atomic E-state index is -6.00. The second-order valence-electron chi connectivity index (χ2n) is 8.15. The number of para-hydroxylation sites is 2. The standard InChI is InChI=1S/C20H22F8N4O4/c1-17(36,15(34)29-10-18(21,22)20(26,27)28)16(35)31-12-9-32(8-4-7-19(23,24)25)13-6-3-2-5-11(13)30-14(12)33/h2-3,5-6,12,36H,4,7-10H2,1H3,(H,29,34)(H,30,33)(H,31,35)/t12-,17-/m0/s1. The van der Waals surface area contributed by atoms with Crippen LogP contribution in [0.2, 0.25) is 0 Å². The molecular weight excluding hydrogens is 512 g/mol. The lowest BCUT2D eigenvalue weighted by atomic mass is 10.0. The zero-order valence-corrected chi connectivity index (χ0v) is 18.6. The van der Waals surface area contributed by atoms with Crippen molar-refractivity contribution in [3.63, 3.8) is 0 Å². The summed E-state index contributed by atoms with van der Waals surface area (Å²) >= 11 is 0. The van der Waals surface area contributed by atoms with Crippen molar-refractivity contribution in [2.75, 3.05) is 29.9 Å². The number of nitrogens with one attached hydrogen (secondary N) is 3. The molecule has 2 atom stereocenters. The number of benzene rings is 1. The van der Waals surface area contributed by atoms with Crippen LogP contribution in [-0.2, 0) is 14.4 Å². The van der Waals surface area contributed by atoms with Gasteiger partial charge >= 0.3 is 18.3 Å². The Hall–Kier alpha value is -3.17. The Morgan fingerprint density at radius 2 is 1.69 bits per heavy atom. The fourth-order valence-corrected chi connectivity index (χ4v) is 3.14. The first kappa shape index (κ1) is 29.1. The molecule has 4 N–H and O–H groups in total. The van der Waals surface area contributed by atoms with Crippen molar-refractivity contribution in [1.82, 2.24) is 10.6 Å². The van der Waals surface area contributed by atoms with E-state index in [1.165, 1.54) is 23.1 Å². The van der Waals surface area contributed by atoms with E-state index >= 15 is 0 Å². The largest absolute Gasteiger partial charge is 0.455 e. The molecule has 0 fully saturated rings. The van der Waals surface area contributed by atoms with Gasteiger partial charge in [-0.05, 0) is 25.5 Å². The lowest BCUT2D eigenvalue weighted by Crippen LogP contribution is -2.61. The predicted molar refractivity (Wildman–Crippen MR) is 109 cm³/mol. The van der Waals surface area contributed by atoms with Crippen molar-refractivity contribution < 1.29 is 54.6 Å². The van der Waals surface area contributed by atoms with Crippen molar-refractivity contribution in [3.8, 4) is 0 Å². The van der Waals surface area contributed by atoms with Crippen LogP contribution in [0.25, 0.3) is 0 Å². The molecule has 16 heteroatoms. The number of hydrogen-bond donors (Lipinski definition) is 4. The molecule has 1 heterocycles. The number of carbonyl (C=O) groups is 3. The summed E-state index contributed by atoms with van der Waals surface area (Å²) in [5, 5.41) is 15.8. The summed E-state index contributed by atoms with van der Waals surface area (Å²) in [7, 11) is 0. The molecule has 8 nitrogen and oxygen atoms in total. The van der Waals surface area contributed by atoms with Crippen LogP contribution in [0.4, 0.5) is 46.5 Å². The van der Waals surface area contributed by atoms with Crippen LogP contribution in [0, 0.1) is 0 Å². The quantitative estimate of drug-likeness (QED) is 0.303. The van der Waals surface area contributed by atoms with Crippen LogP contribution in [-0.4, -0.2) is 72.4 Å². The highest BCUT2D eigenvalue weighted by molar-refractivity contribution is 6.10. The Morgan fingerprint density at radius 3 is 2.28 bits per heavy atom. The molecule has 1 aliphatic heterocycles. The highest BCUT2D eigenvalue weighted by Gasteiger charge is 2.58. The number of anilines is 2. The van der Waals surface area contributed by atoms with Crippen LogP contribution in [0.5, 0.6) is 0 Å². The van der Waals surface area contributed by atoms with Gasteiger partial charge in [0.15, 0.2) is 0 Å². The number of rotatable bonds is 8. The van der Waals surface area contributed by atoms with E-state index < -0.39 is 67.1 Å². The highest BCUT2D eigenvalue weighted by Crippen LogP contribution is 2.35. The lowest BCUT2D eigenvalue weighted by molar-refractivity contribution is -0.278. The Morgan fingerprint density at radius 1 is 1.08 bits per heavy atom. The number of carbonyl (C=O) groups excluding carboxylic acids is 3. The van der Waals surface area contributed by atoms with Gasteiger partial charge in [-0.25, -0.2) is 0 Å². The third-order valence-electron chi connectivity index (χ3n) is 5.19. The molecular formula is C20H22F8N4O4. The molecule has 0 saturated heterocycles. The zero-order chi connectivity index (χ0) is 27.5. The molecule has 2 rings (SSSR count). The Balaban J connectivity index is 2.15. The molecule has 202 valence electrons.